The lowest BCUT2D eigenvalue weighted by atomic mass is 10.0. The van der Waals surface area contributed by atoms with E-state index in [1.807, 2.05) is 13.0 Å². The molecule has 0 heterocycles. The van der Waals surface area contributed by atoms with Crippen molar-refractivity contribution in [2.45, 2.75) is 32.7 Å². The zero-order valence-electron chi connectivity index (χ0n) is 8.48. The van der Waals surface area contributed by atoms with Gasteiger partial charge in [-0.1, -0.05) is 17.7 Å². The zero-order chi connectivity index (χ0) is 10.7. The third kappa shape index (κ3) is 2.96. The van der Waals surface area contributed by atoms with E-state index in [1.54, 1.807) is 13.0 Å². The number of rotatable bonds is 3. The van der Waals surface area contributed by atoms with E-state index in [0.717, 1.165) is 18.4 Å². The van der Waals surface area contributed by atoms with Crippen LogP contribution in [0.4, 0.5) is 4.39 Å². The number of hydrogen-bond acceptors (Lipinski definition) is 1. The summed E-state index contributed by atoms with van der Waals surface area (Å²) >= 11 is 5.73. The van der Waals surface area contributed by atoms with Crippen molar-refractivity contribution in [2.75, 3.05) is 0 Å². The molecule has 1 nitrogen and oxygen atoms in total. The molecule has 0 radical (unpaired) electrons. The van der Waals surface area contributed by atoms with Gasteiger partial charge in [-0.25, -0.2) is 4.39 Å². The second kappa shape index (κ2) is 4.76. The number of halogens is 2. The van der Waals surface area contributed by atoms with E-state index in [2.05, 4.69) is 0 Å². The van der Waals surface area contributed by atoms with Gasteiger partial charge < -0.3 is 5.73 Å². The number of aryl methyl sites for hydroxylation is 2. The molecule has 0 fully saturated rings. The molecule has 1 aromatic carbocycles. The highest BCUT2D eigenvalue weighted by Crippen LogP contribution is 2.21. The lowest BCUT2D eigenvalue weighted by molar-refractivity contribution is 0.616. The van der Waals surface area contributed by atoms with Crippen molar-refractivity contribution in [1.29, 1.82) is 0 Å². The first-order valence-electron chi connectivity index (χ1n) is 4.71. The zero-order valence-corrected chi connectivity index (χ0v) is 9.24. The average molecular weight is 216 g/mol. The first-order valence-corrected chi connectivity index (χ1v) is 5.08. The van der Waals surface area contributed by atoms with Crippen molar-refractivity contribution < 1.29 is 4.39 Å². The fourth-order valence-corrected chi connectivity index (χ4v) is 1.63. The lowest BCUT2D eigenvalue weighted by Gasteiger charge is -2.07. The molecule has 78 valence electrons. The summed E-state index contributed by atoms with van der Waals surface area (Å²) in [7, 11) is 0. The second-order valence-electron chi connectivity index (χ2n) is 3.72. The molecule has 0 unspecified atom stereocenters. The molecule has 0 spiro atoms. The summed E-state index contributed by atoms with van der Waals surface area (Å²) in [6.07, 6.45) is 1.74. The van der Waals surface area contributed by atoms with E-state index in [-0.39, 0.29) is 16.9 Å². The minimum atomic E-state index is -0.323. The highest BCUT2D eigenvalue weighted by atomic mass is 35.5. The second-order valence-corrected chi connectivity index (χ2v) is 4.13. The summed E-state index contributed by atoms with van der Waals surface area (Å²) < 4.78 is 13.2. The molecule has 0 saturated carbocycles. The molecule has 1 rings (SSSR count). The first-order chi connectivity index (χ1) is 6.50. The summed E-state index contributed by atoms with van der Waals surface area (Å²) in [5.41, 5.74) is 7.28. The number of hydrogen-bond donors (Lipinski definition) is 1. The lowest BCUT2D eigenvalue weighted by Crippen LogP contribution is -2.15. The van der Waals surface area contributed by atoms with E-state index >= 15 is 0 Å². The Kier molecular flexibility index (Phi) is 3.90. The third-order valence-electron chi connectivity index (χ3n) is 2.16. The minimum Gasteiger partial charge on any atom is -0.328 e. The third-order valence-corrected chi connectivity index (χ3v) is 2.43. The van der Waals surface area contributed by atoms with Crippen molar-refractivity contribution in [3.63, 3.8) is 0 Å². The normalized spacial score (nSPS) is 12.9. The molecule has 1 aromatic rings. The van der Waals surface area contributed by atoms with Crippen LogP contribution in [0.3, 0.4) is 0 Å². The van der Waals surface area contributed by atoms with Crippen LogP contribution in [0.15, 0.2) is 12.1 Å². The van der Waals surface area contributed by atoms with Crippen LogP contribution >= 0.6 is 11.6 Å². The Morgan fingerprint density at radius 2 is 2.14 bits per heavy atom. The number of benzene rings is 1. The molecule has 0 saturated heterocycles. The Labute approximate surface area is 89.1 Å². The van der Waals surface area contributed by atoms with E-state index in [9.17, 15) is 4.39 Å². The average Bonchev–Trinajstić information content (AvgIpc) is 2.10. The van der Waals surface area contributed by atoms with Gasteiger partial charge in [0, 0.05) is 6.04 Å². The largest absolute Gasteiger partial charge is 0.328 e. The Balaban J connectivity index is 2.79. The van der Waals surface area contributed by atoms with Crippen molar-refractivity contribution >= 4 is 11.6 Å². The van der Waals surface area contributed by atoms with Crippen molar-refractivity contribution in [1.82, 2.24) is 0 Å². The van der Waals surface area contributed by atoms with Crippen molar-refractivity contribution in [2.24, 2.45) is 5.73 Å². The molecule has 0 aliphatic carbocycles. The molecule has 2 N–H and O–H groups in total. The van der Waals surface area contributed by atoms with Crippen LogP contribution in [0.25, 0.3) is 0 Å². The summed E-state index contributed by atoms with van der Waals surface area (Å²) in [5.74, 6) is -0.323. The summed E-state index contributed by atoms with van der Waals surface area (Å²) in [6, 6.07) is 3.66. The Hall–Kier alpha value is -0.600. The maximum Gasteiger partial charge on any atom is 0.144 e. The summed E-state index contributed by atoms with van der Waals surface area (Å²) in [5, 5.41) is 0.199. The van der Waals surface area contributed by atoms with Gasteiger partial charge in [0.15, 0.2) is 0 Å². The van der Waals surface area contributed by atoms with Crippen LogP contribution in [0, 0.1) is 12.7 Å². The fourth-order valence-electron chi connectivity index (χ4n) is 1.34. The van der Waals surface area contributed by atoms with Crippen LogP contribution in [-0.4, -0.2) is 6.04 Å². The molecule has 0 amide bonds. The maximum absolute atomic E-state index is 13.2. The van der Waals surface area contributed by atoms with E-state index in [1.165, 1.54) is 0 Å². The molecule has 0 aliphatic rings. The summed E-state index contributed by atoms with van der Waals surface area (Å²) in [6.45, 7) is 3.68. The molecule has 0 aromatic heterocycles. The van der Waals surface area contributed by atoms with Crippen molar-refractivity contribution in [3.8, 4) is 0 Å². The quantitative estimate of drug-likeness (QED) is 0.824. The smallest absolute Gasteiger partial charge is 0.144 e. The molecule has 0 aliphatic heterocycles. The van der Waals surface area contributed by atoms with Crippen LogP contribution < -0.4 is 5.73 Å². The van der Waals surface area contributed by atoms with Gasteiger partial charge in [-0.2, -0.15) is 0 Å². The van der Waals surface area contributed by atoms with Gasteiger partial charge >= 0.3 is 0 Å². The molecule has 14 heavy (non-hydrogen) atoms. The molecule has 3 heteroatoms. The van der Waals surface area contributed by atoms with Gasteiger partial charge in [-0.05, 0) is 43.9 Å². The van der Waals surface area contributed by atoms with Crippen molar-refractivity contribution in [3.05, 3.63) is 34.1 Å². The maximum atomic E-state index is 13.2. The van der Waals surface area contributed by atoms with Gasteiger partial charge in [-0.3, -0.25) is 0 Å². The van der Waals surface area contributed by atoms with E-state index in [0.29, 0.717) is 5.56 Å². The Morgan fingerprint density at radius 1 is 1.50 bits per heavy atom. The standard InChI is InChI=1S/C11H15ClFN/c1-7-5-9(4-3-8(2)14)6-10(12)11(7)13/h5-6,8H,3-4,14H2,1-2H3/t8-/m1/s1. The number of nitrogens with two attached hydrogens (primary N) is 1. The monoisotopic (exact) mass is 215 g/mol. The molecular weight excluding hydrogens is 201 g/mol. The molecular formula is C11H15ClFN. The van der Waals surface area contributed by atoms with Gasteiger partial charge in [-0.15, -0.1) is 0 Å². The van der Waals surface area contributed by atoms with Crippen LogP contribution in [0.5, 0.6) is 0 Å². The minimum absolute atomic E-state index is 0.166. The predicted octanol–water partition coefficient (Wildman–Crippen LogP) is 3.07. The van der Waals surface area contributed by atoms with Gasteiger partial charge in [0.05, 0.1) is 5.02 Å². The highest BCUT2D eigenvalue weighted by molar-refractivity contribution is 6.30. The van der Waals surface area contributed by atoms with Gasteiger partial charge in [0.2, 0.25) is 0 Å². The van der Waals surface area contributed by atoms with Gasteiger partial charge in [0.1, 0.15) is 5.82 Å². The molecule has 1 atom stereocenters. The van der Waals surface area contributed by atoms with Crippen LogP contribution in [0.2, 0.25) is 5.02 Å². The van der Waals surface area contributed by atoms with E-state index < -0.39 is 0 Å². The van der Waals surface area contributed by atoms with Crippen LogP contribution in [0.1, 0.15) is 24.5 Å². The van der Waals surface area contributed by atoms with Crippen LogP contribution in [-0.2, 0) is 6.42 Å². The van der Waals surface area contributed by atoms with Gasteiger partial charge in [0.25, 0.3) is 0 Å². The highest BCUT2D eigenvalue weighted by Gasteiger charge is 2.06. The Morgan fingerprint density at radius 3 is 2.64 bits per heavy atom. The summed E-state index contributed by atoms with van der Waals surface area (Å²) in [4.78, 5) is 0. The SMILES string of the molecule is Cc1cc(CC[C@@H](C)N)cc(Cl)c1F. The Bertz CT molecular complexity index is 300. The molecule has 0 bridgehead atoms. The van der Waals surface area contributed by atoms with E-state index in [4.69, 9.17) is 17.3 Å². The topological polar surface area (TPSA) is 26.0 Å². The fraction of sp³-hybridized carbons (Fsp3) is 0.455. The first kappa shape index (κ1) is 11.5. The predicted molar refractivity (Wildman–Crippen MR) is 58.1 cm³/mol.